The first-order valence-corrected chi connectivity index (χ1v) is 6.71. The van der Waals surface area contributed by atoms with E-state index in [4.69, 9.17) is 0 Å². The van der Waals surface area contributed by atoms with Crippen molar-refractivity contribution in [1.29, 1.82) is 0 Å². The molecule has 0 aromatic carbocycles. The summed E-state index contributed by atoms with van der Waals surface area (Å²) >= 11 is 0. The lowest BCUT2D eigenvalue weighted by Gasteiger charge is -2.22. The van der Waals surface area contributed by atoms with Crippen LogP contribution in [-0.4, -0.2) is 30.2 Å². The molecule has 0 bridgehead atoms. The SMILES string of the molecule is CC(=O)NC(CC(C)C)C(=O)NC([C]=O)CC(C)C. The zero-order valence-electron chi connectivity index (χ0n) is 12.4. The number of hydrogen-bond acceptors (Lipinski definition) is 3. The molecule has 0 aliphatic rings. The van der Waals surface area contributed by atoms with Gasteiger partial charge in [0.25, 0.3) is 0 Å². The molecule has 0 aromatic heterocycles. The van der Waals surface area contributed by atoms with E-state index in [1.807, 2.05) is 34.0 Å². The Morgan fingerprint density at radius 2 is 1.53 bits per heavy atom. The Balaban J connectivity index is 4.59. The van der Waals surface area contributed by atoms with Gasteiger partial charge < -0.3 is 10.6 Å². The molecule has 1 radical (unpaired) electrons. The van der Waals surface area contributed by atoms with Crippen molar-refractivity contribution in [2.45, 2.75) is 59.5 Å². The predicted octanol–water partition coefficient (Wildman–Crippen LogP) is 1.18. The van der Waals surface area contributed by atoms with Crippen molar-refractivity contribution in [3.63, 3.8) is 0 Å². The van der Waals surface area contributed by atoms with Crippen molar-refractivity contribution in [3.05, 3.63) is 0 Å². The number of carbonyl (C=O) groups is 2. The largest absolute Gasteiger partial charge is 0.345 e. The molecule has 0 aromatic rings. The van der Waals surface area contributed by atoms with E-state index < -0.39 is 12.1 Å². The van der Waals surface area contributed by atoms with Gasteiger partial charge >= 0.3 is 0 Å². The summed E-state index contributed by atoms with van der Waals surface area (Å²) in [6.45, 7) is 9.25. The summed E-state index contributed by atoms with van der Waals surface area (Å²) in [5.41, 5.74) is 0. The van der Waals surface area contributed by atoms with Crippen LogP contribution in [0.4, 0.5) is 0 Å². The highest BCUT2D eigenvalue weighted by atomic mass is 16.2. The molecule has 0 aliphatic heterocycles. The van der Waals surface area contributed by atoms with Crippen molar-refractivity contribution >= 4 is 18.1 Å². The quantitative estimate of drug-likeness (QED) is 0.694. The van der Waals surface area contributed by atoms with Crippen LogP contribution >= 0.6 is 0 Å². The molecule has 2 N–H and O–H groups in total. The third kappa shape index (κ3) is 8.35. The lowest BCUT2D eigenvalue weighted by atomic mass is 10.0. The van der Waals surface area contributed by atoms with E-state index in [0.717, 1.165) is 0 Å². The molecule has 0 rings (SSSR count). The van der Waals surface area contributed by atoms with Crippen LogP contribution < -0.4 is 10.6 Å². The average molecular weight is 269 g/mol. The van der Waals surface area contributed by atoms with Gasteiger partial charge in [-0.05, 0) is 24.7 Å². The van der Waals surface area contributed by atoms with E-state index in [1.54, 1.807) is 0 Å². The average Bonchev–Trinajstić information content (AvgIpc) is 2.25. The van der Waals surface area contributed by atoms with Crippen LogP contribution in [0.3, 0.4) is 0 Å². The van der Waals surface area contributed by atoms with E-state index >= 15 is 0 Å². The topological polar surface area (TPSA) is 75.3 Å². The van der Waals surface area contributed by atoms with Gasteiger partial charge in [-0.15, -0.1) is 0 Å². The Morgan fingerprint density at radius 3 is 1.89 bits per heavy atom. The summed E-state index contributed by atoms with van der Waals surface area (Å²) in [6.07, 6.45) is 2.92. The highest BCUT2D eigenvalue weighted by Crippen LogP contribution is 2.07. The molecule has 109 valence electrons. The highest BCUT2D eigenvalue weighted by Gasteiger charge is 2.23. The van der Waals surface area contributed by atoms with Crippen LogP contribution in [-0.2, 0) is 14.4 Å². The van der Waals surface area contributed by atoms with Gasteiger partial charge in [-0.1, -0.05) is 27.7 Å². The minimum atomic E-state index is -0.615. The van der Waals surface area contributed by atoms with Crippen molar-refractivity contribution in [1.82, 2.24) is 10.6 Å². The Kier molecular flexibility index (Phi) is 8.03. The summed E-state index contributed by atoms with van der Waals surface area (Å²) < 4.78 is 0. The molecule has 0 spiro atoms. The first-order chi connectivity index (χ1) is 8.76. The number of carbonyl (C=O) groups excluding carboxylic acids is 3. The van der Waals surface area contributed by atoms with Gasteiger partial charge in [0.2, 0.25) is 18.1 Å². The van der Waals surface area contributed by atoms with Gasteiger partial charge in [0, 0.05) is 6.92 Å². The molecule has 0 aliphatic carbocycles. The molecule has 0 saturated heterocycles. The Hall–Kier alpha value is -1.39. The normalized spacial score (nSPS) is 14.1. The number of nitrogens with one attached hydrogen (secondary N) is 2. The maximum Gasteiger partial charge on any atom is 0.243 e. The summed E-state index contributed by atoms with van der Waals surface area (Å²) in [7, 11) is 0. The molecule has 0 heterocycles. The summed E-state index contributed by atoms with van der Waals surface area (Å²) in [6, 6.07) is -1.21. The minimum Gasteiger partial charge on any atom is -0.345 e. The first kappa shape index (κ1) is 17.6. The van der Waals surface area contributed by atoms with E-state index in [9.17, 15) is 14.4 Å². The summed E-state index contributed by atoms with van der Waals surface area (Å²) in [4.78, 5) is 34.0. The van der Waals surface area contributed by atoms with Gasteiger partial charge in [-0.2, -0.15) is 0 Å². The smallest absolute Gasteiger partial charge is 0.243 e. The molecule has 19 heavy (non-hydrogen) atoms. The third-order valence-electron chi connectivity index (χ3n) is 2.57. The molecule has 5 nitrogen and oxygen atoms in total. The van der Waals surface area contributed by atoms with Crippen molar-refractivity contribution < 1.29 is 14.4 Å². The molecule has 5 heteroatoms. The fourth-order valence-electron chi connectivity index (χ4n) is 1.83. The Bertz CT molecular complexity index is 314. The minimum absolute atomic E-state index is 0.253. The van der Waals surface area contributed by atoms with Crippen LogP contribution in [0, 0.1) is 11.8 Å². The molecular weight excluding hydrogens is 244 g/mol. The van der Waals surface area contributed by atoms with Crippen molar-refractivity contribution in [3.8, 4) is 0 Å². The van der Waals surface area contributed by atoms with Crippen LogP contribution in [0.25, 0.3) is 0 Å². The standard InChI is InChI=1S/C14H25N2O3/c1-9(2)6-12(8-17)16-14(19)13(7-10(3)4)15-11(5)18/h9-10,12-13H,6-7H2,1-5H3,(H,15,18)(H,16,19). The highest BCUT2D eigenvalue weighted by molar-refractivity contribution is 5.88. The van der Waals surface area contributed by atoms with Gasteiger partial charge in [0.05, 0.1) is 6.04 Å². The molecule has 2 unspecified atom stereocenters. The number of rotatable bonds is 8. The lowest BCUT2D eigenvalue weighted by Crippen LogP contribution is -2.50. The van der Waals surface area contributed by atoms with Gasteiger partial charge in [0.1, 0.15) is 6.04 Å². The van der Waals surface area contributed by atoms with Gasteiger partial charge in [0.15, 0.2) is 0 Å². The molecule has 2 amide bonds. The van der Waals surface area contributed by atoms with Crippen LogP contribution in [0.1, 0.15) is 47.5 Å². The predicted molar refractivity (Wildman–Crippen MR) is 74.1 cm³/mol. The lowest BCUT2D eigenvalue weighted by molar-refractivity contribution is -0.128. The molecule has 0 saturated carbocycles. The fourth-order valence-corrected chi connectivity index (χ4v) is 1.83. The van der Waals surface area contributed by atoms with Crippen molar-refractivity contribution in [2.24, 2.45) is 11.8 Å². The van der Waals surface area contributed by atoms with Gasteiger partial charge in [-0.3, -0.25) is 14.4 Å². The van der Waals surface area contributed by atoms with Crippen molar-refractivity contribution in [2.75, 3.05) is 0 Å². The van der Waals surface area contributed by atoms with Crippen LogP contribution in [0.15, 0.2) is 0 Å². The zero-order valence-corrected chi connectivity index (χ0v) is 12.4. The maximum atomic E-state index is 12.1. The Morgan fingerprint density at radius 1 is 1.00 bits per heavy atom. The van der Waals surface area contributed by atoms with E-state index in [-0.39, 0.29) is 23.7 Å². The monoisotopic (exact) mass is 269 g/mol. The summed E-state index contributed by atoms with van der Waals surface area (Å²) in [5, 5.41) is 5.24. The molecule has 2 atom stereocenters. The molecular formula is C14H25N2O3. The number of hydrogen-bond donors (Lipinski definition) is 2. The van der Waals surface area contributed by atoms with Crippen LogP contribution in [0.2, 0.25) is 0 Å². The van der Waals surface area contributed by atoms with Crippen LogP contribution in [0.5, 0.6) is 0 Å². The number of amides is 2. The summed E-state index contributed by atoms with van der Waals surface area (Å²) in [5.74, 6) is -0.0170. The van der Waals surface area contributed by atoms with E-state index in [2.05, 4.69) is 10.6 Å². The van der Waals surface area contributed by atoms with E-state index in [0.29, 0.717) is 12.8 Å². The maximum absolute atomic E-state index is 12.1. The zero-order chi connectivity index (χ0) is 15.0. The Labute approximate surface area is 115 Å². The second-order valence-electron chi connectivity index (χ2n) is 5.69. The van der Waals surface area contributed by atoms with E-state index in [1.165, 1.54) is 6.92 Å². The second-order valence-corrected chi connectivity index (χ2v) is 5.69. The first-order valence-electron chi connectivity index (χ1n) is 6.71. The third-order valence-corrected chi connectivity index (χ3v) is 2.57. The fraction of sp³-hybridized carbons (Fsp3) is 0.786. The van der Waals surface area contributed by atoms with Gasteiger partial charge in [-0.25, -0.2) is 0 Å². The molecule has 0 fully saturated rings. The second kappa shape index (κ2) is 8.67.